The van der Waals surface area contributed by atoms with E-state index in [-0.39, 0.29) is 22.2 Å². The van der Waals surface area contributed by atoms with Crippen molar-refractivity contribution in [2.75, 3.05) is 12.3 Å². The number of carbonyl (C=O) groups excluding carboxylic acids is 1. The maximum absolute atomic E-state index is 13.0. The smallest absolute Gasteiger partial charge is 0.338 e. The molecule has 0 spiro atoms. The first-order valence-corrected chi connectivity index (χ1v) is 14.3. The van der Waals surface area contributed by atoms with Gasteiger partial charge in [0.25, 0.3) is 5.56 Å². The summed E-state index contributed by atoms with van der Waals surface area (Å²) in [4.78, 5) is 36.1. The number of aromatic nitrogens is 4. The van der Waals surface area contributed by atoms with Crippen LogP contribution in [0, 0.1) is 0 Å². The van der Waals surface area contributed by atoms with Crippen molar-refractivity contribution in [1.82, 2.24) is 19.5 Å². The summed E-state index contributed by atoms with van der Waals surface area (Å²) in [6.45, 7) is 10.00. The van der Waals surface area contributed by atoms with Crippen LogP contribution in [-0.4, -0.2) is 63.8 Å². The van der Waals surface area contributed by atoms with Gasteiger partial charge in [-0.05, 0) is 30.3 Å². The van der Waals surface area contributed by atoms with Gasteiger partial charge in [-0.2, -0.15) is 4.98 Å². The van der Waals surface area contributed by atoms with E-state index in [1.807, 2.05) is 0 Å². The number of nitrogens with two attached hydrogens (primary N) is 1. The third kappa shape index (κ3) is 4.74. The van der Waals surface area contributed by atoms with Crippen LogP contribution in [0.2, 0.25) is 18.1 Å². The predicted octanol–water partition coefficient (Wildman–Crippen LogP) is 2.21. The fourth-order valence-electron chi connectivity index (χ4n) is 3.76. The number of anilines is 1. The Bertz CT molecular complexity index is 1270. The van der Waals surface area contributed by atoms with E-state index in [1.54, 1.807) is 30.3 Å². The van der Waals surface area contributed by atoms with Crippen molar-refractivity contribution in [3.05, 3.63) is 52.6 Å². The number of rotatable bonds is 6. The first-order valence-electron chi connectivity index (χ1n) is 11.4. The van der Waals surface area contributed by atoms with E-state index >= 15 is 0 Å². The van der Waals surface area contributed by atoms with Crippen molar-refractivity contribution in [3.8, 4) is 0 Å². The molecular formula is C23H31N5O6Si. The van der Waals surface area contributed by atoms with Crippen LogP contribution in [-0.2, 0) is 13.9 Å². The van der Waals surface area contributed by atoms with Crippen LogP contribution >= 0.6 is 0 Å². The maximum Gasteiger partial charge on any atom is 0.338 e. The van der Waals surface area contributed by atoms with Gasteiger partial charge in [0, 0.05) is 0 Å². The molecule has 0 radical (unpaired) electrons. The number of H-pyrrole nitrogens is 1. The highest BCUT2D eigenvalue weighted by atomic mass is 28.4. The Morgan fingerprint density at radius 2 is 1.94 bits per heavy atom. The molecule has 1 fully saturated rings. The average Bonchev–Trinajstić information content (AvgIpc) is 3.35. The lowest BCUT2D eigenvalue weighted by Crippen LogP contribution is -2.50. The van der Waals surface area contributed by atoms with Crippen molar-refractivity contribution >= 4 is 31.4 Å². The van der Waals surface area contributed by atoms with Crippen LogP contribution in [0.15, 0.2) is 41.5 Å². The molecule has 1 aliphatic heterocycles. The second-order valence-electron chi connectivity index (χ2n) is 10.1. The largest absolute Gasteiger partial charge is 0.453 e. The number of benzene rings is 1. The van der Waals surface area contributed by atoms with Crippen LogP contribution in [0.25, 0.3) is 11.2 Å². The van der Waals surface area contributed by atoms with Crippen molar-refractivity contribution in [2.24, 2.45) is 0 Å². The Balaban J connectivity index is 1.78. The number of hydrogen-bond donors (Lipinski definition) is 3. The van der Waals surface area contributed by atoms with Gasteiger partial charge in [-0.3, -0.25) is 14.3 Å². The minimum absolute atomic E-state index is 0.0742. The Morgan fingerprint density at radius 3 is 2.57 bits per heavy atom. The van der Waals surface area contributed by atoms with Gasteiger partial charge in [0.15, 0.2) is 31.8 Å². The summed E-state index contributed by atoms with van der Waals surface area (Å²) < 4.78 is 20.3. The number of aliphatic hydroxyl groups is 1. The number of nitrogens with one attached hydrogen (secondary N) is 1. The Labute approximate surface area is 203 Å². The highest BCUT2D eigenvalue weighted by Crippen LogP contribution is 2.43. The number of aliphatic hydroxyl groups excluding tert-OH is 1. The summed E-state index contributed by atoms with van der Waals surface area (Å²) in [5.74, 6) is -0.633. The molecule has 1 aromatic carbocycles. The van der Waals surface area contributed by atoms with E-state index in [1.165, 1.54) is 10.9 Å². The summed E-state index contributed by atoms with van der Waals surface area (Å²) in [5.41, 5.74) is 5.94. The van der Waals surface area contributed by atoms with E-state index in [4.69, 9.17) is 19.6 Å². The van der Waals surface area contributed by atoms with E-state index in [2.05, 4.69) is 48.8 Å². The molecule has 1 aliphatic rings. The summed E-state index contributed by atoms with van der Waals surface area (Å²) in [6, 6.07) is 8.58. The molecule has 0 bridgehead atoms. The first-order chi connectivity index (χ1) is 16.4. The minimum Gasteiger partial charge on any atom is -0.453 e. The third-order valence-electron chi connectivity index (χ3n) is 6.68. The normalized spacial score (nSPS) is 23.0. The lowest BCUT2D eigenvalue weighted by Gasteiger charge is -2.40. The van der Waals surface area contributed by atoms with Crippen LogP contribution in [0.1, 0.15) is 37.4 Å². The van der Waals surface area contributed by atoms with Crippen molar-refractivity contribution in [3.63, 3.8) is 0 Å². The molecule has 35 heavy (non-hydrogen) atoms. The number of hydrogen-bond acceptors (Lipinski definition) is 9. The molecule has 3 heterocycles. The highest BCUT2D eigenvalue weighted by molar-refractivity contribution is 6.74. The van der Waals surface area contributed by atoms with Crippen LogP contribution in [0.5, 0.6) is 0 Å². The average molecular weight is 502 g/mol. The molecule has 2 aromatic heterocycles. The van der Waals surface area contributed by atoms with Gasteiger partial charge in [0.1, 0.15) is 12.2 Å². The van der Waals surface area contributed by atoms with Crippen molar-refractivity contribution < 1.29 is 23.8 Å². The Morgan fingerprint density at radius 1 is 1.26 bits per heavy atom. The monoisotopic (exact) mass is 501 g/mol. The second-order valence-corrected chi connectivity index (χ2v) is 14.9. The first kappa shape index (κ1) is 25.0. The number of nitrogens with zero attached hydrogens (tertiary/aromatic N) is 3. The van der Waals surface area contributed by atoms with Crippen molar-refractivity contribution in [1.29, 1.82) is 0 Å². The molecule has 188 valence electrons. The zero-order valence-corrected chi connectivity index (χ0v) is 21.4. The van der Waals surface area contributed by atoms with E-state index < -0.39 is 51.0 Å². The van der Waals surface area contributed by atoms with Gasteiger partial charge in [0.05, 0.1) is 18.5 Å². The molecule has 0 aliphatic carbocycles. The third-order valence-corrected chi connectivity index (χ3v) is 11.2. The molecule has 2 unspecified atom stereocenters. The quantitative estimate of drug-likeness (QED) is 0.340. The van der Waals surface area contributed by atoms with E-state index in [0.717, 1.165) is 0 Å². The summed E-state index contributed by atoms with van der Waals surface area (Å²) >= 11 is 0. The summed E-state index contributed by atoms with van der Waals surface area (Å²) in [5, 5.41) is 9.97. The maximum atomic E-state index is 13.0. The fraction of sp³-hybridized carbons (Fsp3) is 0.478. The van der Waals surface area contributed by atoms with Gasteiger partial charge >= 0.3 is 5.97 Å². The molecule has 4 atom stereocenters. The molecular weight excluding hydrogens is 470 g/mol. The minimum atomic E-state index is -2.43. The number of carbonyl (C=O) groups is 1. The molecule has 1 saturated heterocycles. The zero-order valence-electron chi connectivity index (χ0n) is 20.4. The number of ether oxygens (including phenoxy) is 2. The number of esters is 1. The van der Waals surface area contributed by atoms with Gasteiger partial charge < -0.3 is 24.7 Å². The number of aromatic amines is 1. The standard InChI is InChI=1S/C23H31N5O6Si/c1-23(2,3)35(4,5)34-17-16(33-21(31)13-9-7-6-8-10-13)14(11-29)32-20(17)28-12-25-15-18(28)26-22(24)27-19(15)30/h6-10,12,14,16-17,20,29H,11H2,1-5H3,(H3,24,26,27,30)/t14-,16?,17?,20-/m1/s1. The number of imidazole rings is 1. The zero-order chi connectivity index (χ0) is 25.5. The summed E-state index contributed by atoms with van der Waals surface area (Å²) in [7, 11) is -2.43. The molecule has 4 N–H and O–H groups in total. The molecule has 4 rings (SSSR count). The lowest BCUT2D eigenvalue weighted by molar-refractivity contribution is -0.0522. The Hall–Kier alpha value is -3.06. The van der Waals surface area contributed by atoms with Gasteiger partial charge in [0.2, 0.25) is 5.95 Å². The van der Waals surface area contributed by atoms with Gasteiger partial charge in [-0.15, -0.1) is 0 Å². The molecule has 11 nitrogen and oxygen atoms in total. The SMILES string of the molecule is CC(C)(C)[Si](C)(C)OC1C(OC(=O)c2ccccc2)[C@@H](CO)O[C@H]1n1cnc2c(=O)[nH]c(N)nc21. The molecule has 0 amide bonds. The Kier molecular flexibility index (Phi) is 6.57. The second kappa shape index (κ2) is 9.19. The predicted molar refractivity (Wildman–Crippen MR) is 131 cm³/mol. The van der Waals surface area contributed by atoms with Crippen LogP contribution < -0.4 is 11.3 Å². The van der Waals surface area contributed by atoms with Gasteiger partial charge in [-0.25, -0.2) is 9.78 Å². The van der Waals surface area contributed by atoms with E-state index in [0.29, 0.717) is 5.56 Å². The van der Waals surface area contributed by atoms with Crippen LogP contribution in [0.3, 0.4) is 0 Å². The number of fused-ring (bicyclic) bond motifs is 1. The number of nitrogen functional groups attached to an aromatic ring is 1. The molecule has 0 saturated carbocycles. The fourth-order valence-corrected chi connectivity index (χ4v) is 5.04. The molecule has 3 aromatic rings. The topological polar surface area (TPSA) is 155 Å². The molecule has 12 heteroatoms. The lowest BCUT2D eigenvalue weighted by atomic mass is 10.1. The van der Waals surface area contributed by atoms with Crippen LogP contribution in [0.4, 0.5) is 5.95 Å². The van der Waals surface area contributed by atoms with Gasteiger partial charge in [-0.1, -0.05) is 39.0 Å². The van der Waals surface area contributed by atoms with Crippen molar-refractivity contribution in [2.45, 2.75) is 63.4 Å². The van der Waals surface area contributed by atoms with E-state index in [9.17, 15) is 14.7 Å². The summed E-state index contributed by atoms with van der Waals surface area (Å²) in [6.07, 6.45) is -2.08. The highest BCUT2D eigenvalue weighted by Gasteiger charge is 2.53.